The van der Waals surface area contributed by atoms with Gasteiger partial charge in [0, 0.05) is 23.9 Å². The van der Waals surface area contributed by atoms with E-state index >= 15 is 0 Å². The molecule has 0 bridgehead atoms. The second-order valence-corrected chi connectivity index (χ2v) is 6.75. The van der Waals surface area contributed by atoms with E-state index in [-0.39, 0.29) is 19.8 Å². The van der Waals surface area contributed by atoms with Gasteiger partial charge in [0.2, 0.25) is 0 Å². The molecule has 0 saturated heterocycles. The fourth-order valence-electron chi connectivity index (χ4n) is 1.52. The Balaban J connectivity index is 2.43. The van der Waals surface area contributed by atoms with Crippen LogP contribution in [0.1, 0.15) is 0 Å². The van der Waals surface area contributed by atoms with Gasteiger partial charge in [0.05, 0.1) is 33.0 Å². The topological polar surface area (TPSA) is 71.1 Å². The maximum atomic E-state index is 13.6. The third-order valence-electron chi connectivity index (χ3n) is 2.51. The third-order valence-corrected chi connectivity index (χ3v) is 3.84. The van der Waals surface area contributed by atoms with Crippen LogP contribution in [0.25, 0.3) is 0 Å². The number of ether oxygens (including phenoxy) is 4. The lowest BCUT2D eigenvalue weighted by Gasteiger charge is -2.11. The van der Waals surface area contributed by atoms with Gasteiger partial charge in [0.1, 0.15) is 17.3 Å². The molecule has 0 saturated carbocycles. The van der Waals surface area contributed by atoms with Crippen molar-refractivity contribution in [2.45, 2.75) is 4.90 Å². The van der Waals surface area contributed by atoms with E-state index in [1.54, 1.807) is 7.11 Å². The zero-order chi connectivity index (χ0) is 17.3. The van der Waals surface area contributed by atoms with Gasteiger partial charge in [0.15, 0.2) is 11.6 Å². The molecule has 1 aromatic carbocycles. The summed E-state index contributed by atoms with van der Waals surface area (Å²) in [7, 11) is 2.34. The predicted molar refractivity (Wildman–Crippen MR) is 78.4 cm³/mol. The minimum absolute atomic E-state index is 0.0617. The smallest absolute Gasteiger partial charge is 0.265 e. The average Bonchev–Trinajstić information content (AvgIpc) is 2.46. The van der Waals surface area contributed by atoms with E-state index in [2.05, 4.69) is 0 Å². The SMILES string of the molecule is COCCOCCOCCOc1c(F)cc(F)cc1S(=O)(=O)Cl. The lowest BCUT2D eigenvalue weighted by Crippen LogP contribution is -2.13. The molecule has 10 heteroatoms. The van der Waals surface area contributed by atoms with Gasteiger partial charge in [-0.15, -0.1) is 0 Å². The standard InChI is InChI=1S/C13H17ClF2O6S/c1-19-2-3-20-4-5-21-6-7-22-13-11(16)8-10(15)9-12(13)23(14,17)18/h8-9H,2-7H2,1H3. The number of hydrogen-bond acceptors (Lipinski definition) is 6. The minimum Gasteiger partial charge on any atom is -0.487 e. The minimum atomic E-state index is -4.34. The van der Waals surface area contributed by atoms with E-state index < -0.39 is 31.3 Å². The number of methoxy groups -OCH3 is 1. The first-order valence-corrected chi connectivity index (χ1v) is 8.88. The van der Waals surface area contributed by atoms with E-state index in [4.69, 9.17) is 29.6 Å². The van der Waals surface area contributed by atoms with Gasteiger partial charge in [-0.05, 0) is 6.07 Å². The number of benzene rings is 1. The van der Waals surface area contributed by atoms with Crippen molar-refractivity contribution in [1.29, 1.82) is 0 Å². The van der Waals surface area contributed by atoms with Crippen LogP contribution in [0.4, 0.5) is 8.78 Å². The van der Waals surface area contributed by atoms with Crippen molar-refractivity contribution in [1.82, 2.24) is 0 Å². The van der Waals surface area contributed by atoms with Gasteiger partial charge in [-0.25, -0.2) is 17.2 Å². The fraction of sp³-hybridized carbons (Fsp3) is 0.538. The number of rotatable bonds is 11. The van der Waals surface area contributed by atoms with Crippen LogP contribution >= 0.6 is 10.7 Å². The molecule has 0 unspecified atom stereocenters. The Kier molecular flexibility index (Phi) is 8.71. The Morgan fingerprint density at radius 2 is 1.57 bits per heavy atom. The molecule has 0 fully saturated rings. The molecule has 23 heavy (non-hydrogen) atoms. The monoisotopic (exact) mass is 374 g/mol. The number of hydrogen-bond donors (Lipinski definition) is 0. The Morgan fingerprint density at radius 3 is 2.13 bits per heavy atom. The third kappa shape index (κ3) is 7.40. The Bertz CT molecular complexity index is 596. The van der Waals surface area contributed by atoms with E-state index in [9.17, 15) is 17.2 Å². The number of halogens is 3. The van der Waals surface area contributed by atoms with Crippen LogP contribution in [-0.4, -0.2) is 55.2 Å². The highest BCUT2D eigenvalue weighted by molar-refractivity contribution is 8.13. The summed E-state index contributed by atoms with van der Waals surface area (Å²) in [5.74, 6) is -2.87. The lowest BCUT2D eigenvalue weighted by molar-refractivity contribution is 0.0175. The molecule has 0 aromatic heterocycles. The van der Waals surface area contributed by atoms with E-state index in [1.807, 2.05) is 0 Å². The first kappa shape index (κ1) is 20.0. The molecule has 0 radical (unpaired) electrons. The van der Waals surface area contributed by atoms with Crippen molar-refractivity contribution in [2.24, 2.45) is 0 Å². The van der Waals surface area contributed by atoms with Gasteiger partial charge < -0.3 is 18.9 Å². The van der Waals surface area contributed by atoms with Gasteiger partial charge in [-0.3, -0.25) is 0 Å². The van der Waals surface area contributed by atoms with Crippen LogP contribution in [0.5, 0.6) is 5.75 Å². The van der Waals surface area contributed by atoms with Crippen molar-refractivity contribution in [3.05, 3.63) is 23.8 Å². The summed E-state index contributed by atoms with van der Waals surface area (Å²) in [5, 5.41) is 0. The summed E-state index contributed by atoms with van der Waals surface area (Å²) < 4.78 is 69.4. The van der Waals surface area contributed by atoms with Crippen LogP contribution in [0.2, 0.25) is 0 Å². The van der Waals surface area contributed by atoms with Crippen molar-refractivity contribution < 1.29 is 36.1 Å². The second kappa shape index (κ2) is 9.99. The second-order valence-electron chi connectivity index (χ2n) is 4.22. The summed E-state index contributed by atoms with van der Waals surface area (Å²) in [6.45, 7) is 1.46. The van der Waals surface area contributed by atoms with Crippen molar-refractivity contribution in [3.8, 4) is 5.75 Å². The Hall–Kier alpha value is -1.00. The maximum absolute atomic E-state index is 13.6. The van der Waals surface area contributed by atoms with Crippen molar-refractivity contribution in [3.63, 3.8) is 0 Å². The van der Waals surface area contributed by atoms with Crippen molar-refractivity contribution >= 4 is 19.7 Å². The molecule has 0 aliphatic rings. The molecule has 1 rings (SSSR count). The van der Waals surface area contributed by atoms with Gasteiger partial charge in [0.25, 0.3) is 9.05 Å². The van der Waals surface area contributed by atoms with Crippen molar-refractivity contribution in [2.75, 3.05) is 46.8 Å². The molecule has 0 atom stereocenters. The van der Waals surface area contributed by atoms with Crippen LogP contribution < -0.4 is 4.74 Å². The van der Waals surface area contributed by atoms with Gasteiger partial charge >= 0.3 is 0 Å². The summed E-state index contributed by atoms with van der Waals surface area (Å²) in [4.78, 5) is -0.764. The Labute approximate surface area is 137 Å². The van der Waals surface area contributed by atoms with Gasteiger partial charge in [-0.2, -0.15) is 0 Å². The highest BCUT2D eigenvalue weighted by Gasteiger charge is 2.22. The lowest BCUT2D eigenvalue weighted by atomic mass is 10.3. The van der Waals surface area contributed by atoms with Gasteiger partial charge in [-0.1, -0.05) is 0 Å². The molecular weight excluding hydrogens is 358 g/mol. The quantitative estimate of drug-likeness (QED) is 0.435. The predicted octanol–water partition coefficient (Wildman–Crippen LogP) is 1.95. The average molecular weight is 375 g/mol. The van der Waals surface area contributed by atoms with Crippen LogP contribution in [0.3, 0.4) is 0 Å². The van der Waals surface area contributed by atoms with Crippen LogP contribution in [-0.2, 0) is 23.3 Å². The molecule has 0 aliphatic heterocycles. The first-order chi connectivity index (χ1) is 10.9. The van der Waals surface area contributed by atoms with Crippen LogP contribution in [0, 0.1) is 11.6 Å². The molecule has 6 nitrogen and oxygen atoms in total. The molecule has 1 aromatic rings. The summed E-state index contributed by atoms with van der Waals surface area (Å²) in [5.41, 5.74) is 0. The first-order valence-electron chi connectivity index (χ1n) is 6.57. The normalized spacial score (nSPS) is 11.7. The molecule has 0 spiro atoms. The molecule has 132 valence electrons. The van der Waals surface area contributed by atoms with E-state index in [0.717, 1.165) is 0 Å². The summed E-state index contributed by atoms with van der Waals surface area (Å²) >= 11 is 0. The zero-order valence-corrected chi connectivity index (χ0v) is 14.0. The summed E-state index contributed by atoms with van der Waals surface area (Å²) in [6, 6.07) is 1.09. The Morgan fingerprint density at radius 1 is 1.00 bits per heavy atom. The van der Waals surface area contributed by atoms with Crippen LogP contribution in [0.15, 0.2) is 17.0 Å². The molecule has 0 N–H and O–H groups in total. The molecular formula is C13H17ClF2O6S. The maximum Gasteiger partial charge on any atom is 0.265 e. The summed E-state index contributed by atoms with van der Waals surface area (Å²) in [6.07, 6.45) is 0. The highest BCUT2D eigenvalue weighted by Crippen LogP contribution is 2.30. The molecule has 0 amide bonds. The van der Waals surface area contributed by atoms with E-state index in [0.29, 0.717) is 32.0 Å². The molecule has 0 aliphatic carbocycles. The largest absolute Gasteiger partial charge is 0.487 e. The van der Waals surface area contributed by atoms with E-state index in [1.165, 1.54) is 0 Å². The highest BCUT2D eigenvalue weighted by atomic mass is 35.7. The zero-order valence-electron chi connectivity index (χ0n) is 12.4. The molecule has 0 heterocycles. The fourth-order valence-corrected chi connectivity index (χ4v) is 2.50.